The number of rotatable bonds is 5. The van der Waals surface area contributed by atoms with Crippen LogP contribution < -0.4 is 9.62 Å². The summed E-state index contributed by atoms with van der Waals surface area (Å²) < 4.78 is 28.1. The number of nitro groups is 1. The number of carbonyl (C=O) groups excluding carboxylic acids is 1. The van der Waals surface area contributed by atoms with Crippen LogP contribution in [0.15, 0.2) is 71.6 Å². The summed E-state index contributed by atoms with van der Waals surface area (Å²) in [4.78, 5) is 25.1. The highest BCUT2D eigenvalue weighted by Crippen LogP contribution is 2.31. The minimum Gasteiger partial charge on any atom is -0.308 e. The topological polar surface area (TPSA) is 110 Å². The summed E-state index contributed by atoms with van der Waals surface area (Å²) in [5, 5.41) is 11.0. The predicted molar refractivity (Wildman–Crippen MR) is 122 cm³/mol. The SMILES string of the molecule is Cc1ccc(C(=O)N2CCCc3cc(S(=O)(=O)Nc4cccc([N+](=O)[O-])c4)ccc32)cc1. The molecule has 0 bridgehead atoms. The van der Waals surface area contributed by atoms with E-state index >= 15 is 0 Å². The van der Waals surface area contributed by atoms with E-state index in [1.165, 1.54) is 24.3 Å². The lowest BCUT2D eigenvalue weighted by molar-refractivity contribution is -0.384. The molecule has 0 saturated heterocycles. The highest BCUT2D eigenvalue weighted by molar-refractivity contribution is 7.92. The Morgan fingerprint density at radius 3 is 2.53 bits per heavy atom. The van der Waals surface area contributed by atoms with Gasteiger partial charge in [-0.15, -0.1) is 0 Å². The van der Waals surface area contributed by atoms with Crippen molar-refractivity contribution in [2.45, 2.75) is 24.7 Å². The Morgan fingerprint density at radius 2 is 1.81 bits per heavy atom. The van der Waals surface area contributed by atoms with Gasteiger partial charge in [0.05, 0.1) is 15.5 Å². The standard InChI is InChI=1S/C23H21N3O5S/c1-16-7-9-17(10-8-16)23(27)25-13-3-4-18-14-21(11-12-22(18)25)32(30,31)24-19-5-2-6-20(15-19)26(28)29/h2,5-12,14-15,24H,3-4,13H2,1H3. The minimum atomic E-state index is -3.96. The third-order valence-electron chi connectivity index (χ3n) is 5.33. The number of hydrogen-bond donors (Lipinski definition) is 1. The fourth-order valence-corrected chi connectivity index (χ4v) is 4.80. The first-order valence-corrected chi connectivity index (χ1v) is 11.5. The van der Waals surface area contributed by atoms with Gasteiger partial charge in [-0.2, -0.15) is 0 Å². The third-order valence-corrected chi connectivity index (χ3v) is 6.71. The molecule has 0 aliphatic carbocycles. The molecule has 32 heavy (non-hydrogen) atoms. The van der Waals surface area contributed by atoms with Crippen LogP contribution in [0.4, 0.5) is 17.1 Å². The zero-order chi connectivity index (χ0) is 22.9. The number of fused-ring (bicyclic) bond motifs is 1. The summed E-state index contributed by atoms with van der Waals surface area (Å²) in [6.07, 6.45) is 1.36. The number of nitrogens with zero attached hydrogens (tertiary/aromatic N) is 2. The van der Waals surface area contributed by atoms with E-state index in [-0.39, 0.29) is 22.2 Å². The molecular formula is C23H21N3O5S. The van der Waals surface area contributed by atoms with Crippen molar-refractivity contribution in [1.29, 1.82) is 0 Å². The highest BCUT2D eigenvalue weighted by Gasteiger charge is 2.26. The van der Waals surface area contributed by atoms with Gasteiger partial charge in [-0.05, 0) is 61.7 Å². The lowest BCUT2D eigenvalue weighted by atomic mass is 10.0. The minimum absolute atomic E-state index is 0.0346. The molecule has 0 radical (unpaired) electrons. The fraction of sp³-hybridized carbons (Fsp3) is 0.174. The first-order chi connectivity index (χ1) is 15.2. The molecule has 8 nitrogen and oxygen atoms in total. The molecule has 0 atom stereocenters. The van der Waals surface area contributed by atoms with Gasteiger partial charge in [-0.25, -0.2) is 8.42 Å². The number of sulfonamides is 1. The molecule has 3 aromatic carbocycles. The summed E-state index contributed by atoms with van der Waals surface area (Å²) >= 11 is 0. The number of anilines is 2. The molecule has 0 spiro atoms. The van der Waals surface area contributed by atoms with Crippen LogP contribution in [0.2, 0.25) is 0 Å². The van der Waals surface area contributed by atoms with Gasteiger partial charge in [-0.1, -0.05) is 23.8 Å². The number of nitro benzene ring substituents is 1. The van der Waals surface area contributed by atoms with Crippen molar-refractivity contribution >= 4 is 33.0 Å². The second-order valence-corrected chi connectivity index (χ2v) is 9.31. The Balaban J connectivity index is 1.62. The molecule has 1 aliphatic heterocycles. The van der Waals surface area contributed by atoms with Crippen molar-refractivity contribution in [3.8, 4) is 0 Å². The van der Waals surface area contributed by atoms with E-state index in [1.54, 1.807) is 29.2 Å². The average molecular weight is 452 g/mol. The number of amides is 1. The zero-order valence-corrected chi connectivity index (χ0v) is 18.1. The predicted octanol–water partition coefficient (Wildman–Crippen LogP) is 4.30. The Labute approximate surface area is 185 Å². The molecule has 4 rings (SSSR count). The molecule has 164 valence electrons. The monoisotopic (exact) mass is 451 g/mol. The summed E-state index contributed by atoms with van der Waals surface area (Å²) in [5.74, 6) is -0.128. The van der Waals surface area contributed by atoms with Crippen molar-refractivity contribution in [2.24, 2.45) is 0 Å². The second-order valence-electron chi connectivity index (χ2n) is 7.63. The normalized spacial score (nSPS) is 13.3. The first-order valence-electron chi connectivity index (χ1n) is 10.0. The molecule has 0 unspecified atom stereocenters. The van der Waals surface area contributed by atoms with Crippen LogP contribution in [0, 0.1) is 17.0 Å². The van der Waals surface area contributed by atoms with E-state index in [4.69, 9.17) is 0 Å². The Hall–Kier alpha value is -3.72. The van der Waals surface area contributed by atoms with Crippen LogP contribution in [0.3, 0.4) is 0 Å². The van der Waals surface area contributed by atoms with Crippen molar-refractivity contribution < 1.29 is 18.1 Å². The lowest BCUT2D eigenvalue weighted by Gasteiger charge is -2.30. The van der Waals surface area contributed by atoms with E-state index in [1.807, 2.05) is 19.1 Å². The maximum absolute atomic E-state index is 13.0. The summed E-state index contributed by atoms with van der Waals surface area (Å²) in [6, 6.07) is 17.3. The zero-order valence-electron chi connectivity index (χ0n) is 17.3. The van der Waals surface area contributed by atoms with Crippen LogP contribution in [0.1, 0.15) is 27.9 Å². The van der Waals surface area contributed by atoms with Gasteiger partial charge in [0.2, 0.25) is 0 Å². The van der Waals surface area contributed by atoms with Crippen molar-refractivity contribution in [3.05, 3.63) is 93.5 Å². The number of carbonyl (C=O) groups is 1. The number of non-ortho nitro benzene ring substituents is 1. The van der Waals surface area contributed by atoms with Gasteiger partial charge in [0.25, 0.3) is 21.6 Å². The molecular weight excluding hydrogens is 430 g/mol. The second kappa shape index (κ2) is 8.43. The van der Waals surface area contributed by atoms with Gasteiger partial charge in [0.1, 0.15) is 0 Å². The van der Waals surface area contributed by atoms with E-state index < -0.39 is 14.9 Å². The molecule has 1 amide bonds. The van der Waals surface area contributed by atoms with Crippen LogP contribution in [0.25, 0.3) is 0 Å². The number of nitrogens with one attached hydrogen (secondary N) is 1. The van der Waals surface area contributed by atoms with Crippen LogP contribution in [-0.2, 0) is 16.4 Å². The Morgan fingerprint density at radius 1 is 1.06 bits per heavy atom. The third kappa shape index (κ3) is 4.33. The fourth-order valence-electron chi connectivity index (χ4n) is 3.70. The number of benzene rings is 3. The highest BCUT2D eigenvalue weighted by atomic mass is 32.2. The lowest BCUT2D eigenvalue weighted by Crippen LogP contribution is -2.35. The smallest absolute Gasteiger partial charge is 0.271 e. The van der Waals surface area contributed by atoms with Crippen molar-refractivity contribution in [1.82, 2.24) is 0 Å². The molecule has 0 saturated carbocycles. The quantitative estimate of drug-likeness (QED) is 0.459. The average Bonchev–Trinajstić information content (AvgIpc) is 2.78. The molecule has 0 aromatic heterocycles. The van der Waals surface area contributed by atoms with Gasteiger partial charge < -0.3 is 4.90 Å². The van der Waals surface area contributed by atoms with Crippen molar-refractivity contribution in [3.63, 3.8) is 0 Å². The van der Waals surface area contributed by atoms with Gasteiger partial charge in [0.15, 0.2) is 0 Å². The maximum Gasteiger partial charge on any atom is 0.271 e. The molecule has 1 heterocycles. The van der Waals surface area contributed by atoms with Gasteiger partial charge in [-0.3, -0.25) is 19.6 Å². The largest absolute Gasteiger partial charge is 0.308 e. The maximum atomic E-state index is 13.0. The van der Waals surface area contributed by atoms with E-state index in [0.717, 1.165) is 17.2 Å². The Bertz CT molecular complexity index is 1300. The summed E-state index contributed by atoms with van der Waals surface area (Å²) in [7, 11) is -3.96. The summed E-state index contributed by atoms with van der Waals surface area (Å²) in [5.41, 5.74) is 2.99. The van der Waals surface area contributed by atoms with Crippen LogP contribution in [-0.4, -0.2) is 25.8 Å². The van der Waals surface area contributed by atoms with Gasteiger partial charge >= 0.3 is 0 Å². The van der Waals surface area contributed by atoms with E-state index in [9.17, 15) is 23.3 Å². The molecule has 1 N–H and O–H groups in total. The molecule has 9 heteroatoms. The Kier molecular flexibility index (Phi) is 5.67. The van der Waals surface area contributed by atoms with Crippen LogP contribution in [0.5, 0.6) is 0 Å². The van der Waals surface area contributed by atoms with Crippen LogP contribution >= 0.6 is 0 Å². The van der Waals surface area contributed by atoms with E-state index in [0.29, 0.717) is 30.6 Å². The summed E-state index contributed by atoms with van der Waals surface area (Å²) in [6.45, 7) is 2.51. The number of aryl methyl sites for hydroxylation is 2. The molecule has 1 aliphatic rings. The number of hydrogen-bond acceptors (Lipinski definition) is 5. The molecule has 3 aromatic rings. The van der Waals surface area contributed by atoms with Gasteiger partial charge in [0, 0.05) is 29.9 Å². The first kappa shape index (κ1) is 21.5. The van der Waals surface area contributed by atoms with E-state index in [2.05, 4.69) is 4.72 Å². The molecule has 0 fully saturated rings. The van der Waals surface area contributed by atoms with Crippen molar-refractivity contribution in [2.75, 3.05) is 16.2 Å².